The molecule has 7 rings (SSSR count). The summed E-state index contributed by atoms with van der Waals surface area (Å²) in [5.41, 5.74) is 7.31. The fourth-order valence-electron chi connectivity index (χ4n) is 7.46. The topological polar surface area (TPSA) is 93.2 Å². The maximum Gasteiger partial charge on any atom is 0.231 e. The van der Waals surface area contributed by atoms with E-state index in [0.29, 0.717) is 47.1 Å². The monoisotopic (exact) mass is 805 g/mol. The van der Waals surface area contributed by atoms with Crippen LogP contribution in [0.4, 0.5) is 5.69 Å². The van der Waals surface area contributed by atoms with Gasteiger partial charge in [0.1, 0.15) is 0 Å². The number of anilines is 1. The van der Waals surface area contributed by atoms with Gasteiger partial charge in [-0.05, 0) is 83.6 Å². The third-order valence-electron chi connectivity index (χ3n) is 10.2. The van der Waals surface area contributed by atoms with E-state index in [4.69, 9.17) is 37.9 Å². The molecule has 0 saturated carbocycles. The summed E-state index contributed by atoms with van der Waals surface area (Å²) in [7, 11) is 9.75. The lowest BCUT2D eigenvalue weighted by molar-refractivity contribution is 0.174. The lowest BCUT2D eigenvalue weighted by Gasteiger charge is -2.40. The molecule has 2 aliphatic heterocycles. The van der Waals surface area contributed by atoms with Crippen LogP contribution in [0.15, 0.2) is 85.1 Å². The highest BCUT2D eigenvalue weighted by molar-refractivity contribution is 5.85. The summed E-state index contributed by atoms with van der Waals surface area (Å²) >= 11 is 0. The number of hydrogen-bond acceptors (Lipinski definition) is 11. The minimum absolute atomic E-state index is 0. The largest absolute Gasteiger partial charge is 0.493 e. The van der Waals surface area contributed by atoms with Crippen LogP contribution in [0.3, 0.4) is 0 Å². The number of nitrogens with zero attached hydrogens (tertiary/aromatic N) is 3. The molecule has 56 heavy (non-hydrogen) atoms. The van der Waals surface area contributed by atoms with Gasteiger partial charge in [0.2, 0.25) is 18.3 Å². The Bertz CT molecular complexity index is 2040. The van der Waals surface area contributed by atoms with E-state index in [1.165, 1.54) is 11.1 Å². The zero-order valence-electron chi connectivity index (χ0n) is 32.5. The number of hydrogen-bond donors (Lipinski definition) is 0. The van der Waals surface area contributed by atoms with Crippen molar-refractivity contribution in [3.63, 3.8) is 0 Å². The van der Waals surface area contributed by atoms with Gasteiger partial charge in [-0.15, -0.1) is 24.8 Å². The van der Waals surface area contributed by atoms with Gasteiger partial charge in [-0.25, -0.2) is 0 Å². The van der Waals surface area contributed by atoms with E-state index in [-0.39, 0.29) is 31.6 Å². The molecule has 2 aliphatic rings. The van der Waals surface area contributed by atoms with E-state index in [0.717, 1.165) is 72.0 Å². The number of piperidine rings is 1. The Morgan fingerprint density at radius 2 is 1.25 bits per heavy atom. The quantitative estimate of drug-likeness (QED) is 0.108. The molecule has 4 aromatic carbocycles. The van der Waals surface area contributed by atoms with Gasteiger partial charge in [-0.1, -0.05) is 24.3 Å². The number of benzene rings is 4. The van der Waals surface area contributed by atoms with E-state index in [1.807, 2.05) is 36.5 Å². The lowest BCUT2D eigenvalue weighted by Crippen LogP contribution is -2.44. The summed E-state index contributed by atoms with van der Waals surface area (Å²) < 4.78 is 45.3. The van der Waals surface area contributed by atoms with Crippen LogP contribution in [-0.4, -0.2) is 78.5 Å². The molecule has 0 amide bonds. The highest BCUT2D eigenvalue weighted by atomic mass is 35.5. The number of likely N-dealkylation sites (tertiary alicyclic amines) is 1. The van der Waals surface area contributed by atoms with Gasteiger partial charge in [-0.3, -0.25) is 9.88 Å². The normalized spacial score (nSPS) is 13.5. The molecule has 0 N–H and O–H groups in total. The molecule has 0 atom stereocenters. The first kappa shape index (κ1) is 41.9. The van der Waals surface area contributed by atoms with E-state index in [9.17, 15) is 0 Å². The van der Waals surface area contributed by atoms with Crippen molar-refractivity contribution in [3.8, 4) is 68.4 Å². The smallest absolute Gasteiger partial charge is 0.231 e. The van der Waals surface area contributed by atoms with Gasteiger partial charge in [0, 0.05) is 55.7 Å². The maximum absolute atomic E-state index is 5.83. The molecule has 0 bridgehead atoms. The van der Waals surface area contributed by atoms with E-state index >= 15 is 0 Å². The molecule has 0 radical (unpaired) electrons. The highest BCUT2D eigenvalue weighted by Crippen LogP contribution is 2.44. The number of aromatic nitrogens is 1. The second-order valence-electron chi connectivity index (χ2n) is 13.2. The second-order valence-corrected chi connectivity index (χ2v) is 13.2. The fourth-order valence-corrected chi connectivity index (χ4v) is 7.46. The zero-order valence-corrected chi connectivity index (χ0v) is 34.2. The summed E-state index contributed by atoms with van der Waals surface area (Å²) in [4.78, 5) is 9.72. The minimum atomic E-state index is 0. The van der Waals surface area contributed by atoms with Crippen LogP contribution in [-0.2, 0) is 13.1 Å². The van der Waals surface area contributed by atoms with Crippen molar-refractivity contribution in [2.45, 2.75) is 32.0 Å². The molecule has 298 valence electrons. The third-order valence-corrected chi connectivity index (χ3v) is 10.2. The van der Waals surface area contributed by atoms with Crippen molar-refractivity contribution in [3.05, 3.63) is 96.2 Å². The number of fused-ring (bicyclic) bond motifs is 1. The predicted molar refractivity (Wildman–Crippen MR) is 222 cm³/mol. The van der Waals surface area contributed by atoms with Crippen molar-refractivity contribution in [2.24, 2.45) is 0 Å². The summed E-state index contributed by atoms with van der Waals surface area (Å²) in [6.07, 6.45) is 3.85. The first-order chi connectivity index (χ1) is 26.5. The Morgan fingerprint density at radius 1 is 0.661 bits per heavy atom. The van der Waals surface area contributed by atoms with Crippen molar-refractivity contribution >= 4 is 30.5 Å². The Hall–Kier alpha value is -5.23. The van der Waals surface area contributed by atoms with E-state index in [2.05, 4.69) is 63.3 Å². The van der Waals surface area contributed by atoms with Crippen LogP contribution in [0.2, 0.25) is 0 Å². The van der Waals surface area contributed by atoms with E-state index < -0.39 is 0 Å². The molecule has 3 heterocycles. The van der Waals surface area contributed by atoms with Gasteiger partial charge < -0.3 is 42.8 Å². The van der Waals surface area contributed by atoms with E-state index in [1.54, 1.807) is 42.7 Å². The molecule has 1 aromatic heterocycles. The van der Waals surface area contributed by atoms with Crippen LogP contribution >= 0.6 is 24.8 Å². The number of halogens is 2. The molecular weight excluding hydrogens is 757 g/mol. The van der Waals surface area contributed by atoms with Crippen LogP contribution in [0.5, 0.6) is 46.0 Å². The molecule has 11 nitrogen and oxygen atoms in total. The Morgan fingerprint density at radius 3 is 1.86 bits per heavy atom. The van der Waals surface area contributed by atoms with Gasteiger partial charge >= 0.3 is 0 Å². The zero-order chi connectivity index (χ0) is 37.6. The first-order valence-corrected chi connectivity index (χ1v) is 18.0. The minimum Gasteiger partial charge on any atom is -0.493 e. The maximum atomic E-state index is 5.83. The number of rotatable bonds is 14. The SMILES string of the molecule is COc1cc(-c2cc(CN3CCC(N(Cc4ccccc4-c4cc(OC)c(OC)c(OC)c4)c4ccc5c(c4)OCO5)CC3)ccn2)cc(OC)c1OC.Cl.Cl. The molecule has 0 spiro atoms. The average molecular weight is 807 g/mol. The lowest BCUT2D eigenvalue weighted by atomic mass is 9.96. The van der Waals surface area contributed by atoms with Crippen LogP contribution in [0, 0.1) is 0 Å². The van der Waals surface area contributed by atoms with Crippen LogP contribution < -0.4 is 42.8 Å². The standard InChI is InChI=1S/C43H47N3O8.2ClH/c1-47-38-20-30(21-39(48-2)42(38)51-5)34-10-8-7-9-29(34)26-46(33-11-12-36-37(24-33)54-27-53-36)32-14-17-45(18-15-32)25-28-13-16-44-35(19-28)31-22-40(49-3)43(52-6)41(23-31)50-4;;/h7-13,16,19-24,32H,14-15,17-18,25-27H2,1-6H3;2*1H. The highest BCUT2D eigenvalue weighted by Gasteiger charge is 2.28. The average Bonchev–Trinajstić information content (AvgIpc) is 3.70. The number of ether oxygens (including phenoxy) is 8. The van der Waals surface area contributed by atoms with Crippen molar-refractivity contribution in [2.75, 3.05) is 67.4 Å². The third kappa shape index (κ3) is 8.75. The number of methoxy groups -OCH3 is 6. The van der Waals surface area contributed by atoms with Gasteiger partial charge in [0.05, 0.1) is 48.4 Å². The summed E-state index contributed by atoms with van der Waals surface area (Å²) in [6.45, 7) is 3.64. The van der Waals surface area contributed by atoms with Crippen LogP contribution in [0.1, 0.15) is 24.0 Å². The summed E-state index contributed by atoms with van der Waals surface area (Å²) in [5.74, 6) is 5.10. The molecule has 5 aromatic rings. The van der Waals surface area contributed by atoms with Gasteiger partial charge in [-0.2, -0.15) is 0 Å². The Balaban J connectivity index is 0.00000300. The molecule has 1 fully saturated rings. The Kier molecular flexibility index (Phi) is 14.3. The molecule has 0 unspecified atom stereocenters. The molecule has 1 saturated heterocycles. The fraction of sp³-hybridized carbons (Fsp3) is 0.326. The Labute approximate surface area is 341 Å². The molecule has 0 aliphatic carbocycles. The number of pyridine rings is 1. The van der Waals surface area contributed by atoms with Crippen molar-refractivity contribution in [1.82, 2.24) is 9.88 Å². The molecular formula is C43H49Cl2N3O8. The summed E-state index contributed by atoms with van der Waals surface area (Å²) in [5, 5.41) is 0. The molecule has 13 heteroatoms. The first-order valence-electron chi connectivity index (χ1n) is 18.0. The van der Waals surface area contributed by atoms with Crippen molar-refractivity contribution < 1.29 is 37.9 Å². The van der Waals surface area contributed by atoms with Gasteiger partial charge in [0.25, 0.3) is 0 Å². The predicted octanol–water partition coefficient (Wildman–Crippen LogP) is 8.71. The van der Waals surface area contributed by atoms with Crippen molar-refractivity contribution in [1.29, 1.82) is 0 Å². The second kappa shape index (κ2) is 19.1. The van der Waals surface area contributed by atoms with Gasteiger partial charge in [0.15, 0.2) is 34.5 Å². The van der Waals surface area contributed by atoms with Crippen LogP contribution in [0.25, 0.3) is 22.4 Å². The summed E-state index contributed by atoms with van der Waals surface area (Å²) in [6, 6.07) is 27.2.